The lowest BCUT2D eigenvalue weighted by atomic mass is 10.2. The summed E-state index contributed by atoms with van der Waals surface area (Å²) in [6.45, 7) is 0. The molecular weight excluding hydrogens is 199 g/mol. The van der Waals surface area contributed by atoms with Crippen molar-refractivity contribution in [3.63, 3.8) is 0 Å². The average Bonchev–Trinajstić information content (AvgIpc) is 2.01. The molecule has 1 aromatic heterocycles. The van der Waals surface area contributed by atoms with Crippen LogP contribution in [-0.2, 0) is 17.4 Å². The van der Waals surface area contributed by atoms with Crippen molar-refractivity contribution in [2.45, 2.75) is 12.6 Å². The van der Waals surface area contributed by atoms with E-state index in [2.05, 4.69) is 9.97 Å². The Kier molecular flexibility index (Phi) is 2.68. The van der Waals surface area contributed by atoms with Crippen molar-refractivity contribution in [3.05, 3.63) is 23.8 Å². The number of aromatic nitrogens is 2. The molecule has 0 aliphatic carbocycles. The molecule has 0 saturated heterocycles. The Labute approximate surface area is 77.0 Å². The molecule has 0 aliphatic heterocycles. The molecule has 4 nitrogen and oxygen atoms in total. The van der Waals surface area contributed by atoms with Gasteiger partial charge in [-0.05, 0) is 6.07 Å². The zero-order valence-electron chi connectivity index (χ0n) is 6.88. The molecule has 0 saturated carbocycles. The quantitative estimate of drug-likeness (QED) is 0.765. The molecule has 7 heteroatoms. The zero-order valence-corrected chi connectivity index (χ0v) is 6.88. The van der Waals surface area contributed by atoms with Crippen molar-refractivity contribution >= 4 is 5.91 Å². The first-order valence-corrected chi connectivity index (χ1v) is 3.56. The van der Waals surface area contributed by atoms with Crippen molar-refractivity contribution in [3.8, 4) is 0 Å². The van der Waals surface area contributed by atoms with Crippen molar-refractivity contribution in [2.24, 2.45) is 5.73 Å². The first kappa shape index (κ1) is 10.4. The van der Waals surface area contributed by atoms with Crippen LogP contribution in [-0.4, -0.2) is 15.9 Å². The van der Waals surface area contributed by atoms with Gasteiger partial charge < -0.3 is 5.73 Å². The molecule has 0 unspecified atom stereocenters. The van der Waals surface area contributed by atoms with Gasteiger partial charge >= 0.3 is 6.18 Å². The Morgan fingerprint density at radius 1 is 1.43 bits per heavy atom. The van der Waals surface area contributed by atoms with Crippen LogP contribution in [0.3, 0.4) is 0 Å². The number of hydrogen-bond acceptors (Lipinski definition) is 3. The lowest BCUT2D eigenvalue weighted by molar-refractivity contribution is -0.141. The smallest absolute Gasteiger partial charge is 0.369 e. The Hall–Kier alpha value is -1.66. The molecule has 76 valence electrons. The van der Waals surface area contributed by atoms with E-state index in [1.807, 2.05) is 0 Å². The normalized spacial score (nSPS) is 11.4. The maximum Gasteiger partial charge on any atom is 0.433 e. The second-order valence-electron chi connectivity index (χ2n) is 2.54. The molecule has 0 atom stereocenters. The van der Waals surface area contributed by atoms with Crippen LogP contribution >= 0.6 is 0 Å². The summed E-state index contributed by atoms with van der Waals surface area (Å²) >= 11 is 0. The van der Waals surface area contributed by atoms with Crippen LogP contribution in [0.1, 0.15) is 11.4 Å². The Morgan fingerprint density at radius 2 is 2.07 bits per heavy atom. The lowest BCUT2D eigenvalue weighted by Crippen LogP contribution is -2.16. The van der Waals surface area contributed by atoms with E-state index in [1.54, 1.807) is 0 Å². The number of hydrogen-bond donors (Lipinski definition) is 1. The topological polar surface area (TPSA) is 68.9 Å². The summed E-state index contributed by atoms with van der Waals surface area (Å²) in [5.41, 5.74) is 3.68. The molecule has 0 aromatic carbocycles. The fourth-order valence-corrected chi connectivity index (χ4v) is 0.828. The van der Waals surface area contributed by atoms with E-state index < -0.39 is 17.8 Å². The van der Waals surface area contributed by atoms with E-state index in [-0.39, 0.29) is 12.1 Å². The highest BCUT2D eigenvalue weighted by molar-refractivity contribution is 5.76. The molecule has 1 amide bonds. The van der Waals surface area contributed by atoms with Crippen LogP contribution in [0, 0.1) is 0 Å². The number of alkyl halides is 3. The summed E-state index contributed by atoms with van der Waals surface area (Å²) in [6.07, 6.45) is -4.11. The van der Waals surface area contributed by atoms with E-state index in [9.17, 15) is 18.0 Å². The number of nitrogens with two attached hydrogens (primary N) is 1. The summed E-state index contributed by atoms with van der Waals surface area (Å²) in [4.78, 5) is 16.9. The van der Waals surface area contributed by atoms with Crippen molar-refractivity contribution in [1.82, 2.24) is 9.97 Å². The van der Waals surface area contributed by atoms with Gasteiger partial charge in [0, 0.05) is 0 Å². The molecule has 1 rings (SSSR count). The third kappa shape index (κ3) is 2.68. The largest absolute Gasteiger partial charge is 0.433 e. The predicted octanol–water partition coefficient (Wildman–Crippen LogP) is 0.523. The number of primary amides is 1. The molecular formula is C7H6F3N3O. The molecule has 0 bridgehead atoms. The SMILES string of the molecule is NC(=O)Cc1cc(C(F)(F)F)ncn1. The lowest BCUT2D eigenvalue weighted by Gasteiger charge is -2.05. The molecule has 0 fully saturated rings. The highest BCUT2D eigenvalue weighted by Crippen LogP contribution is 2.27. The molecule has 1 heterocycles. The number of nitrogens with zero attached hydrogens (tertiary/aromatic N) is 2. The Balaban J connectivity index is 2.95. The van der Waals surface area contributed by atoms with Crippen molar-refractivity contribution in [2.75, 3.05) is 0 Å². The monoisotopic (exact) mass is 205 g/mol. The highest BCUT2D eigenvalue weighted by Gasteiger charge is 2.32. The van der Waals surface area contributed by atoms with Crippen molar-refractivity contribution < 1.29 is 18.0 Å². The van der Waals surface area contributed by atoms with E-state index >= 15 is 0 Å². The standard InChI is InChI=1S/C7H6F3N3O/c8-7(9,10)5-1-4(2-6(11)14)12-3-13-5/h1,3H,2H2,(H2,11,14). The van der Waals surface area contributed by atoms with Crippen LogP contribution in [0.2, 0.25) is 0 Å². The summed E-state index contributed by atoms with van der Waals surface area (Å²) in [5.74, 6) is -0.739. The number of carbonyl (C=O) groups excluding carboxylic acids is 1. The molecule has 1 aromatic rings. The number of halogens is 3. The first-order chi connectivity index (χ1) is 6.39. The van der Waals surface area contributed by atoms with Gasteiger partial charge in [-0.3, -0.25) is 4.79 Å². The Bertz CT molecular complexity index is 350. The van der Waals surface area contributed by atoms with Gasteiger partial charge in [-0.1, -0.05) is 0 Å². The van der Waals surface area contributed by atoms with E-state index in [0.29, 0.717) is 6.07 Å². The third-order valence-electron chi connectivity index (χ3n) is 1.37. The molecule has 14 heavy (non-hydrogen) atoms. The van der Waals surface area contributed by atoms with Crippen LogP contribution in [0.5, 0.6) is 0 Å². The van der Waals surface area contributed by atoms with Gasteiger partial charge in [0.2, 0.25) is 5.91 Å². The molecule has 0 spiro atoms. The van der Waals surface area contributed by atoms with Gasteiger partial charge in [0.25, 0.3) is 0 Å². The summed E-state index contributed by atoms with van der Waals surface area (Å²) in [6, 6.07) is 0.699. The minimum atomic E-state index is -4.53. The molecule has 0 aliphatic rings. The molecule has 2 N–H and O–H groups in total. The van der Waals surface area contributed by atoms with E-state index in [0.717, 1.165) is 6.33 Å². The first-order valence-electron chi connectivity index (χ1n) is 3.56. The van der Waals surface area contributed by atoms with E-state index in [4.69, 9.17) is 5.73 Å². The van der Waals surface area contributed by atoms with Gasteiger partial charge in [-0.2, -0.15) is 13.2 Å². The van der Waals surface area contributed by atoms with Crippen LogP contribution in [0.25, 0.3) is 0 Å². The Morgan fingerprint density at radius 3 is 2.57 bits per heavy atom. The van der Waals surface area contributed by atoms with Gasteiger partial charge in [0.1, 0.15) is 12.0 Å². The number of carbonyl (C=O) groups is 1. The minimum absolute atomic E-state index is 0.0418. The number of rotatable bonds is 2. The summed E-state index contributed by atoms with van der Waals surface area (Å²) in [7, 11) is 0. The second kappa shape index (κ2) is 3.60. The van der Waals surface area contributed by atoms with E-state index in [1.165, 1.54) is 0 Å². The predicted molar refractivity (Wildman–Crippen MR) is 39.9 cm³/mol. The zero-order chi connectivity index (χ0) is 10.8. The average molecular weight is 205 g/mol. The van der Waals surface area contributed by atoms with Crippen LogP contribution in [0.15, 0.2) is 12.4 Å². The minimum Gasteiger partial charge on any atom is -0.369 e. The fraction of sp³-hybridized carbons (Fsp3) is 0.286. The maximum absolute atomic E-state index is 12.1. The highest BCUT2D eigenvalue weighted by atomic mass is 19.4. The van der Waals surface area contributed by atoms with Gasteiger partial charge in [-0.15, -0.1) is 0 Å². The van der Waals surface area contributed by atoms with Crippen LogP contribution < -0.4 is 5.73 Å². The fourth-order valence-electron chi connectivity index (χ4n) is 0.828. The second-order valence-corrected chi connectivity index (χ2v) is 2.54. The van der Waals surface area contributed by atoms with Gasteiger partial charge in [0.15, 0.2) is 0 Å². The third-order valence-corrected chi connectivity index (χ3v) is 1.37. The van der Waals surface area contributed by atoms with Gasteiger partial charge in [0.05, 0.1) is 12.1 Å². The number of amides is 1. The summed E-state index contributed by atoms with van der Waals surface area (Å²) < 4.78 is 36.3. The van der Waals surface area contributed by atoms with Gasteiger partial charge in [-0.25, -0.2) is 9.97 Å². The molecule has 0 radical (unpaired) electrons. The van der Waals surface area contributed by atoms with Crippen LogP contribution in [0.4, 0.5) is 13.2 Å². The summed E-state index contributed by atoms with van der Waals surface area (Å²) in [5, 5.41) is 0. The maximum atomic E-state index is 12.1. The van der Waals surface area contributed by atoms with Crippen molar-refractivity contribution in [1.29, 1.82) is 0 Å².